The van der Waals surface area contributed by atoms with E-state index in [2.05, 4.69) is 19.2 Å². The third-order valence-corrected chi connectivity index (χ3v) is 3.34. The molecule has 0 atom stereocenters. The minimum absolute atomic E-state index is 0.178. The highest BCUT2D eigenvalue weighted by Crippen LogP contribution is 2.28. The summed E-state index contributed by atoms with van der Waals surface area (Å²) in [5.74, 6) is 1.61. The Hall–Kier alpha value is -1.75. The second-order valence-corrected chi connectivity index (χ2v) is 6.44. The zero-order valence-corrected chi connectivity index (χ0v) is 14.2. The molecule has 1 aromatic carbocycles. The molecule has 1 amide bonds. The minimum Gasteiger partial charge on any atom is -0.493 e. The van der Waals surface area contributed by atoms with Gasteiger partial charge in [0.05, 0.1) is 13.7 Å². The summed E-state index contributed by atoms with van der Waals surface area (Å²) in [5.41, 5.74) is 5.71. The van der Waals surface area contributed by atoms with Crippen molar-refractivity contribution in [2.75, 3.05) is 20.3 Å². The minimum atomic E-state index is -0.448. The molecule has 0 aliphatic heterocycles. The maximum absolute atomic E-state index is 12.2. The van der Waals surface area contributed by atoms with Gasteiger partial charge >= 0.3 is 0 Å². The van der Waals surface area contributed by atoms with E-state index in [-0.39, 0.29) is 5.91 Å². The lowest BCUT2D eigenvalue weighted by atomic mass is 10.1. The molecule has 0 saturated carbocycles. The number of hydrogen-bond acceptors (Lipinski definition) is 4. The average Bonchev–Trinajstić information content (AvgIpc) is 2.46. The Morgan fingerprint density at radius 2 is 2.00 bits per heavy atom. The number of nitrogens with two attached hydrogens (primary N) is 1. The van der Waals surface area contributed by atoms with E-state index < -0.39 is 5.54 Å². The molecule has 0 bridgehead atoms. The molecule has 5 heteroatoms. The predicted octanol–water partition coefficient (Wildman–Crippen LogP) is 2.59. The fourth-order valence-corrected chi connectivity index (χ4v) is 1.76. The standard InChI is InChI=1S/C17H28N2O3/c1-12(2)8-9-22-14-7-6-13(10-15(14)21-5)16(20)19-17(3,4)11-18/h6-7,10,12H,8-9,11,18H2,1-5H3,(H,19,20). The van der Waals surface area contributed by atoms with Crippen LogP contribution in [0.25, 0.3) is 0 Å². The Morgan fingerprint density at radius 3 is 2.55 bits per heavy atom. The van der Waals surface area contributed by atoms with Crippen molar-refractivity contribution >= 4 is 5.91 Å². The van der Waals surface area contributed by atoms with Gasteiger partial charge in [0.2, 0.25) is 0 Å². The van der Waals surface area contributed by atoms with Crippen LogP contribution in [-0.4, -0.2) is 31.7 Å². The van der Waals surface area contributed by atoms with Crippen LogP contribution in [0.4, 0.5) is 0 Å². The van der Waals surface area contributed by atoms with Crippen LogP contribution in [0.15, 0.2) is 18.2 Å². The van der Waals surface area contributed by atoms with Crippen LogP contribution in [-0.2, 0) is 0 Å². The number of carbonyl (C=O) groups is 1. The summed E-state index contributed by atoms with van der Waals surface area (Å²) in [6.45, 7) is 9.05. The number of benzene rings is 1. The quantitative estimate of drug-likeness (QED) is 0.774. The second-order valence-electron chi connectivity index (χ2n) is 6.44. The van der Waals surface area contributed by atoms with Gasteiger partial charge in [-0.2, -0.15) is 0 Å². The Bertz CT molecular complexity index is 499. The largest absolute Gasteiger partial charge is 0.493 e. The van der Waals surface area contributed by atoms with E-state index in [9.17, 15) is 4.79 Å². The van der Waals surface area contributed by atoms with Gasteiger partial charge < -0.3 is 20.5 Å². The summed E-state index contributed by atoms with van der Waals surface area (Å²) in [6.07, 6.45) is 0.968. The first-order valence-electron chi connectivity index (χ1n) is 7.62. The molecule has 0 heterocycles. The third kappa shape index (κ3) is 5.56. The molecule has 0 spiro atoms. The van der Waals surface area contributed by atoms with Crippen molar-refractivity contribution in [3.63, 3.8) is 0 Å². The smallest absolute Gasteiger partial charge is 0.251 e. The summed E-state index contributed by atoms with van der Waals surface area (Å²) in [4.78, 5) is 12.2. The van der Waals surface area contributed by atoms with Gasteiger partial charge in [-0.3, -0.25) is 4.79 Å². The van der Waals surface area contributed by atoms with Crippen LogP contribution >= 0.6 is 0 Å². The number of hydrogen-bond donors (Lipinski definition) is 2. The van der Waals surface area contributed by atoms with Crippen molar-refractivity contribution < 1.29 is 14.3 Å². The number of rotatable bonds is 8. The monoisotopic (exact) mass is 308 g/mol. The fourth-order valence-electron chi connectivity index (χ4n) is 1.76. The SMILES string of the molecule is COc1cc(C(=O)NC(C)(C)CN)ccc1OCCC(C)C. The predicted molar refractivity (Wildman–Crippen MR) is 88.5 cm³/mol. The average molecular weight is 308 g/mol. The van der Waals surface area contributed by atoms with Gasteiger partial charge in [-0.25, -0.2) is 0 Å². The van der Waals surface area contributed by atoms with Crippen LogP contribution in [0.5, 0.6) is 11.5 Å². The van der Waals surface area contributed by atoms with E-state index in [1.807, 2.05) is 13.8 Å². The van der Waals surface area contributed by atoms with E-state index in [1.54, 1.807) is 25.3 Å². The Labute approximate surface area is 133 Å². The van der Waals surface area contributed by atoms with Gasteiger partial charge in [-0.15, -0.1) is 0 Å². The van der Waals surface area contributed by atoms with Crippen molar-refractivity contribution in [1.29, 1.82) is 0 Å². The van der Waals surface area contributed by atoms with Crippen LogP contribution < -0.4 is 20.5 Å². The Balaban J connectivity index is 2.81. The number of carbonyl (C=O) groups excluding carboxylic acids is 1. The summed E-state index contributed by atoms with van der Waals surface area (Å²) < 4.78 is 11.0. The molecule has 0 aliphatic rings. The molecule has 0 aliphatic carbocycles. The van der Waals surface area contributed by atoms with Gasteiger partial charge in [0, 0.05) is 17.6 Å². The first-order valence-corrected chi connectivity index (χ1v) is 7.62. The molecule has 0 aromatic heterocycles. The molecule has 0 fully saturated rings. The van der Waals surface area contributed by atoms with Gasteiger partial charge in [-0.1, -0.05) is 13.8 Å². The molecule has 22 heavy (non-hydrogen) atoms. The molecule has 0 unspecified atom stereocenters. The maximum Gasteiger partial charge on any atom is 0.251 e. The Morgan fingerprint density at radius 1 is 1.32 bits per heavy atom. The third-order valence-electron chi connectivity index (χ3n) is 3.34. The van der Waals surface area contributed by atoms with E-state index in [1.165, 1.54) is 0 Å². The van der Waals surface area contributed by atoms with Crippen molar-refractivity contribution in [1.82, 2.24) is 5.32 Å². The topological polar surface area (TPSA) is 73.6 Å². The Kier molecular flexibility index (Phi) is 6.68. The van der Waals surface area contributed by atoms with Crippen molar-refractivity contribution in [3.8, 4) is 11.5 Å². The molecule has 1 aromatic rings. The molecular weight excluding hydrogens is 280 g/mol. The molecule has 1 rings (SSSR count). The van der Waals surface area contributed by atoms with E-state index >= 15 is 0 Å². The number of methoxy groups -OCH3 is 1. The summed E-state index contributed by atoms with van der Waals surface area (Å²) in [5, 5.41) is 2.89. The molecule has 0 saturated heterocycles. The molecular formula is C17H28N2O3. The lowest BCUT2D eigenvalue weighted by Gasteiger charge is -2.24. The van der Waals surface area contributed by atoms with Crippen molar-refractivity contribution in [3.05, 3.63) is 23.8 Å². The number of amides is 1. The van der Waals surface area contributed by atoms with Crippen LogP contribution in [0.2, 0.25) is 0 Å². The van der Waals surface area contributed by atoms with Crippen LogP contribution in [0, 0.1) is 5.92 Å². The van der Waals surface area contributed by atoms with Gasteiger partial charge in [0.15, 0.2) is 11.5 Å². The van der Waals surface area contributed by atoms with Crippen molar-refractivity contribution in [2.24, 2.45) is 11.7 Å². The van der Waals surface area contributed by atoms with E-state index in [4.69, 9.17) is 15.2 Å². The van der Waals surface area contributed by atoms with Gasteiger partial charge in [0.25, 0.3) is 5.91 Å². The maximum atomic E-state index is 12.2. The first-order chi connectivity index (χ1) is 10.3. The zero-order valence-electron chi connectivity index (χ0n) is 14.2. The lowest BCUT2D eigenvalue weighted by Crippen LogP contribution is -2.48. The first kappa shape index (κ1) is 18.3. The van der Waals surface area contributed by atoms with Crippen molar-refractivity contribution in [2.45, 2.75) is 39.7 Å². The lowest BCUT2D eigenvalue weighted by molar-refractivity contribution is 0.0915. The number of ether oxygens (including phenoxy) is 2. The molecule has 3 N–H and O–H groups in total. The molecule has 124 valence electrons. The normalized spacial score (nSPS) is 11.4. The van der Waals surface area contributed by atoms with E-state index in [0.717, 1.165) is 6.42 Å². The second kappa shape index (κ2) is 8.03. The van der Waals surface area contributed by atoms with E-state index in [0.29, 0.717) is 36.1 Å². The number of nitrogens with one attached hydrogen (secondary N) is 1. The van der Waals surface area contributed by atoms with Gasteiger partial charge in [0.1, 0.15) is 0 Å². The molecule has 5 nitrogen and oxygen atoms in total. The zero-order chi connectivity index (χ0) is 16.8. The highest BCUT2D eigenvalue weighted by molar-refractivity contribution is 5.95. The van der Waals surface area contributed by atoms with Crippen LogP contribution in [0.1, 0.15) is 44.5 Å². The highest BCUT2D eigenvalue weighted by atomic mass is 16.5. The highest BCUT2D eigenvalue weighted by Gasteiger charge is 2.20. The van der Waals surface area contributed by atoms with Gasteiger partial charge in [-0.05, 0) is 44.4 Å². The summed E-state index contributed by atoms with van der Waals surface area (Å²) in [7, 11) is 1.57. The fraction of sp³-hybridized carbons (Fsp3) is 0.588. The van der Waals surface area contributed by atoms with Crippen LogP contribution in [0.3, 0.4) is 0 Å². The summed E-state index contributed by atoms with van der Waals surface area (Å²) in [6, 6.07) is 5.19. The molecule has 0 radical (unpaired) electrons. The summed E-state index contributed by atoms with van der Waals surface area (Å²) >= 11 is 0.